The summed E-state index contributed by atoms with van der Waals surface area (Å²) in [7, 11) is 1.55. The Bertz CT molecular complexity index is 685. The maximum absolute atomic E-state index is 11.8. The van der Waals surface area contributed by atoms with Crippen LogP contribution in [0.5, 0.6) is 5.75 Å². The van der Waals surface area contributed by atoms with E-state index >= 15 is 0 Å². The number of hydrogen-bond donors (Lipinski definition) is 1. The van der Waals surface area contributed by atoms with Crippen molar-refractivity contribution in [2.24, 2.45) is 0 Å². The SMILES string of the molecule is COc1ccccc1CC(=O)OCC(=O)NCCCc1ccccc1. The minimum absolute atomic E-state index is 0.0747. The first-order valence-electron chi connectivity index (χ1n) is 8.27. The lowest BCUT2D eigenvalue weighted by molar-refractivity contribution is -0.147. The average Bonchev–Trinajstić information content (AvgIpc) is 2.65. The normalized spacial score (nSPS) is 10.1. The molecule has 2 aromatic rings. The quantitative estimate of drug-likeness (QED) is 0.562. The Morgan fingerprint density at radius 3 is 2.48 bits per heavy atom. The Morgan fingerprint density at radius 1 is 1.00 bits per heavy atom. The molecular weight excluding hydrogens is 318 g/mol. The number of ether oxygens (including phenoxy) is 2. The summed E-state index contributed by atoms with van der Waals surface area (Å²) >= 11 is 0. The number of amides is 1. The van der Waals surface area contributed by atoms with Crippen molar-refractivity contribution in [3.63, 3.8) is 0 Å². The van der Waals surface area contributed by atoms with E-state index in [9.17, 15) is 9.59 Å². The van der Waals surface area contributed by atoms with E-state index in [0.29, 0.717) is 12.3 Å². The van der Waals surface area contributed by atoms with Crippen LogP contribution in [0.1, 0.15) is 17.5 Å². The summed E-state index contributed by atoms with van der Waals surface area (Å²) in [6.07, 6.45) is 1.81. The standard InChI is InChI=1S/C20H23NO4/c1-24-18-12-6-5-11-17(18)14-20(23)25-15-19(22)21-13-7-10-16-8-3-2-4-9-16/h2-6,8-9,11-12H,7,10,13-15H2,1H3,(H,21,22). The van der Waals surface area contributed by atoms with Crippen LogP contribution in [0.25, 0.3) is 0 Å². The number of hydrogen-bond acceptors (Lipinski definition) is 4. The van der Waals surface area contributed by atoms with Crippen LogP contribution in [0.4, 0.5) is 0 Å². The highest BCUT2D eigenvalue weighted by Gasteiger charge is 2.11. The number of carbonyl (C=O) groups excluding carboxylic acids is 2. The van der Waals surface area contributed by atoms with Gasteiger partial charge in [-0.05, 0) is 24.5 Å². The largest absolute Gasteiger partial charge is 0.496 e. The van der Waals surface area contributed by atoms with Crippen LogP contribution >= 0.6 is 0 Å². The van der Waals surface area contributed by atoms with E-state index in [0.717, 1.165) is 18.4 Å². The van der Waals surface area contributed by atoms with Crippen LogP contribution in [0.3, 0.4) is 0 Å². The summed E-state index contributed by atoms with van der Waals surface area (Å²) < 4.78 is 10.2. The van der Waals surface area contributed by atoms with Gasteiger partial charge in [0.05, 0.1) is 13.5 Å². The molecule has 0 aliphatic carbocycles. The molecule has 0 aliphatic rings. The van der Waals surface area contributed by atoms with Gasteiger partial charge in [0.2, 0.25) is 0 Å². The van der Waals surface area contributed by atoms with Gasteiger partial charge in [0.15, 0.2) is 6.61 Å². The van der Waals surface area contributed by atoms with Crippen molar-refractivity contribution in [3.05, 3.63) is 65.7 Å². The highest BCUT2D eigenvalue weighted by atomic mass is 16.5. The van der Waals surface area contributed by atoms with Crippen LogP contribution in [-0.2, 0) is 27.2 Å². The van der Waals surface area contributed by atoms with E-state index in [2.05, 4.69) is 17.4 Å². The van der Waals surface area contributed by atoms with E-state index in [1.165, 1.54) is 5.56 Å². The third kappa shape index (κ3) is 6.67. The van der Waals surface area contributed by atoms with Crippen molar-refractivity contribution >= 4 is 11.9 Å². The van der Waals surface area contributed by atoms with Gasteiger partial charge in [-0.25, -0.2) is 0 Å². The van der Waals surface area contributed by atoms with E-state index in [1.807, 2.05) is 30.3 Å². The average molecular weight is 341 g/mol. The van der Waals surface area contributed by atoms with Crippen molar-refractivity contribution in [2.45, 2.75) is 19.3 Å². The zero-order valence-electron chi connectivity index (χ0n) is 14.4. The molecule has 0 bridgehead atoms. The van der Waals surface area contributed by atoms with E-state index in [-0.39, 0.29) is 18.9 Å². The molecule has 0 heterocycles. The van der Waals surface area contributed by atoms with Gasteiger partial charge in [0.25, 0.3) is 5.91 Å². The number of carbonyl (C=O) groups is 2. The zero-order chi connectivity index (χ0) is 17.9. The first-order chi connectivity index (χ1) is 12.2. The topological polar surface area (TPSA) is 64.6 Å². The fraction of sp³-hybridized carbons (Fsp3) is 0.300. The molecule has 0 aliphatic heterocycles. The van der Waals surface area contributed by atoms with Crippen molar-refractivity contribution in [2.75, 3.05) is 20.3 Å². The summed E-state index contributed by atoms with van der Waals surface area (Å²) in [6.45, 7) is 0.289. The smallest absolute Gasteiger partial charge is 0.310 e. The predicted octanol–water partition coefficient (Wildman–Crippen LogP) is 2.53. The highest BCUT2D eigenvalue weighted by molar-refractivity contribution is 5.81. The Balaban J connectivity index is 1.63. The number of para-hydroxylation sites is 1. The zero-order valence-corrected chi connectivity index (χ0v) is 14.4. The van der Waals surface area contributed by atoms with Gasteiger partial charge in [0, 0.05) is 12.1 Å². The maximum atomic E-state index is 11.8. The third-order valence-corrected chi connectivity index (χ3v) is 3.70. The summed E-state index contributed by atoms with van der Waals surface area (Å²) in [5, 5.41) is 2.75. The van der Waals surface area contributed by atoms with Gasteiger partial charge in [-0.15, -0.1) is 0 Å². The lowest BCUT2D eigenvalue weighted by Gasteiger charge is -2.09. The number of benzene rings is 2. The molecule has 5 heteroatoms. The van der Waals surface area contributed by atoms with Crippen LogP contribution in [0, 0.1) is 0 Å². The first kappa shape index (κ1) is 18.5. The molecular formula is C20H23NO4. The Hall–Kier alpha value is -2.82. The summed E-state index contributed by atoms with van der Waals surface area (Å²) in [5.41, 5.74) is 1.97. The van der Waals surface area contributed by atoms with Crippen LogP contribution in [-0.4, -0.2) is 32.1 Å². The molecule has 0 atom stereocenters. The molecule has 0 fully saturated rings. The van der Waals surface area contributed by atoms with Gasteiger partial charge >= 0.3 is 5.97 Å². The lowest BCUT2D eigenvalue weighted by atomic mass is 10.1. The van der Waals surface area contributed by atoms with Crippen LogP contribution in [0.15, 0.2) is 54.6 Å². The molecule has 2 rings (SSSR count). The monoisotopic (exact) mass is 341 g/mol. The summed E-state index contributed by atoms with van der Waals surface area (Å²) in [4.78, 5) is 23.6. The third-order valence-electron chi connectivity index (χ3n) is 3.70. The Labute approximate surface area is 148 Å². The predicted molar refractivity (Wildman–Crippen MR) is 95.4 cm³/mol. The highest BCUT2D eigenvalue weighted by Crippen LogP contribution is 2.17. The molecule has 0 radical (unpaired) electrons. The minimum Gasteiger partial charge on any atom is -0.496 e. The number of aryl methyl sites for hydroxylation is 1. The van der Waals surface area contributed by atoms with Gasteiger partial charge < -0.3 is 14.8 Å². The summed E-state index contributed by atoms with van der Waals surface area (Å²) in [6, 6.07) is 17.3. The van der Waals surface area contributed by atoms with Crippen molar-refractivity contribution in [1.82, 2.24) is 5.32 Å². The fourth-order valence-electron chi connectivity index (χ4n) is 2.42. The Morgan fingerprint density at radius 2 is 1.72 bits per heavy atom. The van der Waals surface area contributed by atoms with Gasteiger partial charge in [0.1, 0.15) is 5.75 Å². The summed E-state index contributed by atoms with van der Waals surface area (Å²) in [5.74, 6) is -0.116. The molecule has 25 heavy (non-hydrogen) atoms. The van der Waals surface area contributed by atoms with E-state index in [1.54, 1.807) is 19.2 Å². The molecule has 0 unspecified atom stereocenters. The molecule has 0 aromatic heterocycles. The van der Waals surface area contributed by atoms with E-state index in [4.69, 9.17) is 9.47 Å². The van der Waals surface area contributed by atoms with Gasteiger partial charge in [-0.1, -0.05) is 48.5 Å². The first-order valence-corrected chi connectivity index (χ1v) is 8.27. The molecule has 0 saturated heterocycles. The van der Waals surface area contributed by atoms with E-state index < -0.39 is 5.97 Å². The second kappa shape index (κ2) is 10.1. The van der Waals surface area contributed by atoms with Crippen molar-refractivity contribution in [3.8, 4) is 5.75 Å². The lowest BCUT2D eigenvalue weighted by Crippen LogP contribution is -2.30. The van der Waals surface area contributed by atoms with Gasteiger partial charge in [-0.3, -0.25) is 9.59 Å². The molecule has 0 spiro atoms. The molecule has 132 valence electrons. The second-order valence-corrected chi connectivity index (χ2v) is 5.59. The second-order valence-electron chi connectivity index (χ2n) is 5.59. The van der Waals surface area contributed by atoms with Crippen LogP contribution < -0.4 is 10.1 Å². The van der Waals surface area contributed by atoms with Crippen molar-refractivity contribution in [1.29, 1.82) is 0 Å². The molecule has 0 saturated carbocycles. The number of rotatable bonds is 9. The van der Waals surface area contributed by atoms with Crippen molar-refractivity contribution < 1.29 is 19.1 Å². The minimum atomic E-state index is -0.455. The number of methoxy groups -OCH3 is 1. The molecule has 2 aromatic carbocycles. The van der Waals surface area contributed by atoms with Gasteiger partial charge in [-0.2, -0.15) is 0 Å². The Kier molecular flexibility index (Phi) is 7.50. The molecule has 5 nitrogen and oxygen atoms in total. The maximum Gasteiger partial charge on any atom is 0.310 e. The molecule has 1 amide bonds. The number of esters is 1. The van der Waals surface area contributed by atoms with Crippen LogP contribution in [0.2, 0.25) is 0 Å². The number of nitrogens with one attached hydrogen (secondary N) is 1. The fourth-order valence-corrected chi connectivity index (χ4v) is 2.42. The molecule has 1 N–H and O–H groups in total.